The van der Waals surface area contributed by atoms with Gasteiger partial charge in [0.2, 0.25) is 5.91 Å². The number of carbonyl (C=O) groups is 2. The molecule has 0 spiro atoms. The summed E-state index contributed by atoms with van der Waals surface area (Å²) in [5.41, 5.74) is 0. The summed E-state index contributed by atoms with van der Waals surface area (Å²) in [6, 6.07) is 3.82. The molecule has 2 heterocycles. The Bertz CT molecular complexity index is 559. The van der Waals surface area contributed by atoms with Gasteiger partial charge in [0, 0.05) is 29.4 Å². The van der Waals surface area contributed by atoms with E-state index in [2.05, 4.69) is 40.0 Å². The fourth-order valence-electron chi connectivity index (χ4n) is 2.04. The Labute approximate surface area is 156 Å². The number of amides is 3. The van der Waals surface area contributed by atoms with E-state index in [1.807, 2.05) is 6.92 Å². The smallest absolute Gasteiger partial charge is 0.324 e. The second kappa shape index (κ2) is 9.71. The third-order valence-corrected chi connectivity index (χ3v) is 4.08. The molecule has 0 saturated carbocycles. The summed E-state index contributed by atoms with van der Waals surface area (Å²) in [7, 11) is 0. The fourth-order valence-corrected chi connectivity index (χ4v) is 2.85. The molecular formula is C14H22IN5O2S. The van der Waals surface area contributed by atoms with Gasteiger partial charge in [-0.1, -0.05) is 0 Å². The summed E-state index contributed by atoms with van der Waals surface area (Å²) in [6.45, 7) is 6.30. The monoisotopic (exact) mass is 451 g/mol. The van der Waals surface area contributed by atoms with Crippen molar-refractivity contribution in [3.63, 3.8) is 0 Å². The molecule has 3 N–H and O–H groups in total. The number of urea groups is 1. The average molecular weight is 451 g/mol. The van der Waals surface area contributed by atoms with Crippen LogP contribution in [0.15, 0.2) is 17.1 Å². The van der Waals surface area contributed by atoms with Crippen LogP contribution in [0.4, 0.5) is 4.79 Å². The average Bonchev–Trinajstić information content (AvgIpc) is 3.04. The second-order valence-electron chi connectivity index (χ2n) is 4.84. The predicted octanol–water partition coefficient (Wildman–Crippen LogP) is 1.28. The van der Waals surface area contributed by atoms with Crippen molar-refractivity contribution in [2.75, 3.05) is 26.2 Å². The molecule has 1 fully saturated rings. The first-order valence-electron chi connectivity index (χ1n) is 7.26. The van der Waals surface area contributed by atoms with Crippen molar-refractivity contribution in [1.82, 2.24) is 20.9 Å². The summed E-state index contributed by atoms with van der Waals surface area (Å²) in [6.07, 6.45) is 0. The molecule has 23 heavy (non-hydrogen) atoms. The molecular weight excluding hydrogens is 429 g/mol. The Kier molecular flexibility index (Phi) is 8.31. The number of aliphatic imine (C=N–C) groups is 1. The van der Waals surface area contributed by atoms with Gasteiger partial charge in [0.05, 0.1) is 13.1 Å². The number of nitrogens with one attached hydrogen (secondary N) is 3. The quantitative estimate of drug-likeness (QED) is 0.263. The van der Waals surface area contributed by atoms with E-state index in [1.165, 1.54) is 14.7 Å². The third kappa shape index (κ3) is 5.98. The molecule has 0 bridgehead atoms. The van der Waals surface area contributed by atoms with Gasteiger partial charge in [-0.2, -0.15) is 0 Å². The molecule has 1 saturated heterocycles. The van der Waals surface area contributed by atoms with E-state index in [1.54, 1.807) is 11.3 Å². The van der Waals surface area contributed by atoms with Crippen LogP contribution in [0.25, 0.3) is 0 Å². The van der Waals surface area contributed by atoms with Crippen molar-refractivity contribution in [2.24, 2.45) is 4.99 Å². The van der Waals surface area contributed by atoms with Gasteiger partial charge in [0.25, 0.3) is 0 Å². The molecule has 7 nitrogen and oxygen atoms in total. The lowest BCUT2D eigenvalue weighted by atomic mass is 10.4. The van der Waals surface area contributed by atoms with Gasteiger partial charge in [-0.05, 0) is 26.0 Å². The number of nitrogens with zero attached hydrogens (tertiary/aromatic N) is 2. The Morgan fingerprint density at radius 2 is 2.17 bits per heavy atom. The van der Waals surface area contributed by atoms with E-state index >= 15 is 0 Å². The SMILES string of the molecule is CCNC(=NCc1ccc(C)s1)NCCN1C(=O)CNC1=O.I. The standard InChI is InChI=1S/C14H21N5O2S.HI/c1-3-15-13(17-8-11-5-4-10(2)22-11)16-6-7-19-12(20)9-18-14(19)21;/h4-5H,3,6-9H2,1-2H3,(H,18,21)(H2,15,16,17);1H. The summed E-state index contributed by atoms with van der Waals surface area (Å²) in [5.74, 6) is 0.489. The number of thiophene rings is 1. The van der Waals surface area contributed by atoms with Crippen molar-refractivity contribution < 1.29 is 9.59 Å². The number of hydrogen-bond donors (Lipinski definition) is 3. The van der Waals surface area contributed by atoms with Crippen molar-refractivity contribution in [3.05, 3.63) is 21.9 Å². The van der Waals surface area contributed by atoms with Crippen LogP contribution in [-0.4, -0.2) is 49.0 Å². The van der Waals surface area contributed by atoms with E-state index in [9.17, 15) is 9.59 Å². The maximum Gasteiger partial charge on any atom is 0.324 e. The van der Waals surface area contributed by atoms with E-state index in [-0.39, 0.29) is 42.5 Å². The number of guanidine groups is 1. The molecule has 1 aromatic rings. The molecule has 0 unspecified atom stereocenters. The highest BCUT2D eigenvalue weighted by molar-refractivity contribution is 14.0. The van der Waals surface area contributed by atoms with Crippen LogP contribution in [-0.2, 0) is 11.3 Å². The first-order valence-corrected chi connectivity index (χ1v) is 8.07. The fraction of sp³-hybridized carbons (Fsp3) is 0.500. The number of halogens is 1. The van der Waals surface area contributed by atoms with E-state index in [0.29, 0.717) is 25.6 Å². The molecule has 0 atom stereocenters. The Balaban J connectivity index is 0.00000264. The maximum absolute atomic E-state index is 11.5. The van der Waals surface area contributed by atoms with Crippen molar-refractivity contribution in [1.29, 1.82) is 0 Å². The summed E-state index contributed by atoms with van der Waals surface area (Å²) >= 11 is 1.72. The molecule has 1 aliphatic rings. The van der Waals surface area contributed by atoms with Gasteiger partial charge < -0.3 is 16.0 Å². The number of aryl methyl sites for hydroxylation is 1. The minimum atomic E-state index is -0.331. The van der Waals surface area contributed by atoms with Crippen molar-refractivity contribution in [3.8, 4) is 0 Å². The van der Waals surface area contributed by atoms with Crippen LogP contribution in [0.5, 0.6) is 0 Å². The van der Waals surface area contributed by atoms with Gasteiger partial charge in [0.1, 0.15) is 0 Å². The van der Waals surface area contributed by atoms with E-state index in [4.69, 9.17) is 0 Å². The zero-order chi connectivity index (χ0) is 15.9. The Morgan fingerprint density at radius 1 is 1.39 bits per heavy atom. The van der Waals surface area contributed by atoms with Crippen molar-refractivity contribution >= 4 is 53.2 Å². The minimum Gasteiger partial charge on any atom is -0.357 e. The van der Waals surface area contributed by atoms with Gasteiger partial charge in [0.15, 0.2) is 5.96 Å². The topological polar surface area (TPSA) is 85.8 Å². The number of hydrogen-bond acceptors (Lipinski definition) is 4. The zero-order valence-corrected chi connectivity index (χ0v) is 16.4. The molecule has 0 radical (unpaired) electrons. The van der Waals surface area contributed by atoms with Crippen LogP contribution >= 0.6 is 35.3 Å². The minimum absolute atomic E-state index is 0. The van der Waals surface area contributed by atoms with Gasteiger partial charge in [-0.15, -0.1) is 35.3 Å². The van der Waals surface area contributed by atoms with Crippen LogP contribution in [0.3, 0.4) is 0 Å². The summed E-state index contributed by atoms with van der Waals surface area (Å²) < 4.78 is 0. The highest BCUT2D eigenvalue weighted by Crippen LogP contribution is 2.15. The normalized spacial score (nSPS) is 14.5. The Hall–Kier alpha value is -1.36. The summed E-state index contributed by atoms with van der Waals surface area (Å²) in [4.78, 5) is 31.1. The van der Waals surface area contributed by atoms with E-state index in [0.717, 1.165) is 6.54 Å². The number of imide groups is 1. The lowest BCUT2D eigenvalue weighted by Crippen LogP contribution is -2.43. The molecule has 3 amide bonds. The lowest BCUT2D eigenvalue weighted by Gasteiger charge is -2.15. The predicted molar refractivity (Wildman–Crippen MR) is 102 cm³/mol. The van der Waals surface area contributed by atoms with Crippen LogP contribution in [0.2, 0.25) is 0 Å². The highest BCUT2D eigenvalue weighted by Gasteiger charge is 2.27. The lowest BCUT2D eigenvalue weighted by molar-refractivity contribution is -0.124. The van der Waals surface area contributed by atoms with E-state index < -0.39 is 0 Å². The van der Waals surface area contributed by atoms with Gasteiger partial charge in [-0.3, -0.25) is 9.69 Å². The van der Waals surface area contributed by atoms with Gasteiger partial charge >= 0.3 is 6.03 Å². The maximum atomic E-state index is 11.5. The number of carbonyl (C=O) groups excluding carboxylic acids is 2. The van der Waals surface area contributed by atoms with Gasteiger partial charge in [-0.25, -0.2) is 9.79 Å². The third-order valence-electron chi connectivity index (χ3n) is 3.10. The van der Waals surface area contributed by atoms with Crippen molar-refractivity contribution in [2.45, 2.75) is 20.4 Å². The summed E-state index contributed by atoms with van der Waals surface area (Å²) in [5, 5.41) is 8.78. The molecule has 1 aromatic heterocycles. The first-order chi connectivity index (χ1) is 10.6. The van der Waals surface area contributed by atoms with Crippen LogP contribution in [0, 0.1) is 6.92 Å². The molecule has 128 valence electrons. The molecule has 0 aromatic carbocycles. The second-order valence-corrected chi connectivity index (χ2v) is 6.21. The highest BCUT2D eigenvalue weighted by atomic mass is 127. The van der Waals surface area contributed by atoms with Crippen LogP contribution < -0.4 is 16.0 Å². The molecule has 2 rings (SSSR count). The molecule has 9 heteroatoms. The first kappa shape index (κ1) is 19.7. The zero-order valence-electron chi connectivity index (χ0n) is 13.2. The Morgan fingerprint density at radius 3 is 2.74 bits per heavy atom. The molecule has 0 aliphatic carbocycles. The van der Waals surface area contributed by atoms with Crippen LogP contribution in [0.1, 0.15) is 16.7 Å². The molecule has 1 aliphatic heterocycles. The largest absolute Gasteiger partial charge is 0.357 e. The number of rotatable bonds is 6.